The second-order valence-corrected chi connectivity index (χ2v) is 7.27. The van der Waals surface area contributed by atoms with Crippen molar-refractivity contribution in [2.24, 2.45) is 0 Å². The highest BCUT2D eigenvalue weighted by molar-refractivity contribution is 6.30. The largest absolute Gasteiger partial charge is 0.472 e. The van der Waals surface area contributed by atoms with E-state index in [0.717, 1.165) is 25.2 Å². The van der Waals surface area contributed by atoms with Crippen LogP contribution >= 0.6 is 11.6 Å². The summed E-state index contributed by atoms with van der Waals surface area (Å²) in [5.41, 5.74) is 0.0665. The number of likely N-dealkylation sites (tertiary alicyclic amines) is 1. The SMILES string of the molecule is O=C(c1cccc(F)c1-c1ncc(F)cn1)N1CCC[C@@H](Oc2ccc(Cl)cn2)C1. The van der Waals surface area contributed by atoms with Gasteiger partial charge in [0, 0.05) is 18.8 Å². The van der Waals surface area contributed by atoms with Crippen molar-refractivity contribution in [2.75, 3.05) is 13.1 Å². The highest BCUT2D eigenvalue weighted by Crippen LogP contribution is 2.27. The molecule has 9 heteroatoms. The van der Waals surface area contributed by atoms with Crippen molar-refractivity contribution in [2.45, 2.75) is 18.9 Å². The molecular weight excluding hydrogens is 414 g/mol. The van der Waals surface area contributed by atoms with E-state index in [0.29, 0.717) is 24.0 Å². The quantitative estimate of drug-likeness (QED) is 0.622. The lowest BCUT2D eigenvalue weighted by molar-refractivity contribution is 0.0528. The van der Waals surface area contributed by atoms with Crippen LogP contribution in [-0.4, -0.2) is 45.0 Å². The van der Waals surface area contributed by atoms with Gasteiger partial charge in [-0.2, -0.15) is 0 Å². The molecule has 0 bridgehead atoms. The van der Waals surface area contributed by atoms with Crippen molar-refractivity contribution in [3.63, 3.8) is 0 Å². The summed E-state index contributed by atoms with van der Waals surface area (Å²) < 4.78 is 33.6. The molecule has 3 aromatic rings. The monoisotopic (exact) mass is 430 g/mol. The summed E-state index contributed by atoms with van der Waals surface area (Å²) in [5.74, 6) is -1.29. The molecule has 0 aliphatic carbocycles. The maximum absolute atomic E-state index is 14.6. The van der Waals surface area contributed by atoms with Gasteiger partial charge >= 0.3 is 0 Å². The molecular formula is C21H17ClF2N4O2. The van der Waals surface area contributed by atoms with Crippen LogP contribution in [0.4, 0.5) is 8.78 Å². The van der Waals surface area contributed by atoms with Crippen molar-refractivity contribution in [3.05, 3.63) is 71.1 Å². The molecule has 0 spiro atoms. The molecule has 0 saturated carbocycles. The van der Waals surface area contributed by atoms with Gasteiger partial charge in [-0.15, -0.1) is 0 Å². The normalized spacial score (nSPS) is 16.4. The van der Waals surface area contributed by atoms with Crippen molar-refractivity contribution >= 4 is 17.5 Å². The number of carbonyl (C=O) groups is 1. The first-order chi connectivity index (χ1) is 14.5. The van der Waals surface area contributed by atoms with E-state index in [9.17, 15) is 13.6 Å². The van der Waals surface area contributed by atoms with Crippen molar-refractivity contribution in [3.8, 4) is 17.3 Å². The molecule has 0 N–H and O–H groups in total. The van der Waals surface area contributed by atoms with Crippen LogP contribution in [0.15, 0.2) is 48.9 Å². The molecule has 1 amide bonds. The zero-order chi connectivity index (χ0) is 21.1. The Kier molecular flexibility index (Phi) is 5.85. The lowest BCUT2D eigenvalue weighted by Crippen LogP contribution is -2.44. The minimum Gasteiger partial charge on any atom is -0.472 e. The summed E-state index contributed by atoms with van der Waals surface area (Å²) in [6.07, 6.45) is 4.59. The Labute approximate surface area is 176 Å². The minimum atomic E-state index is -0.650. The third-order valence-electron chi connectivity index (χ3n) is 4.74. The van der Waals surface area contributed by atoms with Gasteiger partial charge in [-0.3, -0.25) is 4.79 Å². The minimum absolute atomic E-state index is 0.0481. The summed E-state index contributed by atoms with van der Waals surface area (Å²) in [4.78, 5) is 26.6. The van der Waals surface area contributed by atoms with E-state index in [1.165, 1.54) is 24.4 Å². The van der Waals surface area contributed by atoms with E-state index < -0.39 is 11.6 Å². The number of aromatic nitrogens is 3. The number of amides is 1. The molecule has 1 atom stereocenters. The lowest BCUT2D eigenvalue weighted by Gasteiger charge is -2.33. The Hall–Kier alpha value is -3.13. The summed E-state index contributed by atoms with van der Waals surface area (Å²) >= 11 is 5.84. The summed E-state index contributed by atoms with van der Waals surface area (Å²) in [6, 6.07) is 7.52. The van der Waals surface area contributed by atoms with E-state index in [-0.39, 0.29) is 29.0 Å². The van der Waals surface area contributed by atoms with Crippen molar-refractivity contribution in [1.29, 1.82) is 0 Å². The van der Waals surface area contributed by atoms with Gasteiger partial charge in [0.2, 0.25) is 5.88 Å². The fraction of sp³-hybridized carbons (Fsp3) is 0.238. The smallest absolute Gasteiger partial charge is 0.254 e. The average Bonchev–Trinajstić information content (AvgIpc) is 2.76. The van der Waals surface area contributed by atoms with Crippen LogP contribution in [0.25, 0.3) is 11.4 Å². The van der Waals surface area contributed by atoms with Gasteiger partial charge in [-0.05, 0) is 31.0 Å². The molecule has 30 heavy (non-hydrogen) atoms. The van der Waals surface area contributed by atoms with Crippen molar-refractivity contribution < 1.29 is 18.3 Å². The van der Waals surface area contributed by atoms with E-state index in [4.69, 9.17) is 16.3 Å². The number of ether oxygens (including phenoxy) is 1. The van der Waals surface area contributed by atoms with Gasteiger partial charge in [0.05, 0.1) is 35.1 Å². The molecule has 0 unspecified atom stereocenters. The van der Waals surface area contributed by atoms with Crippen LogP contribution in [0.1, 0.15) is 23.2 Å². The molecule has 0 radical (unpaired) electrons. The molecule has 2 aromatic heterocycles. The molecule has 1 aliphatic rings. The predicted molar refractivity (Wildman–Crippen MR) is 106 cm³/mol. The van der Waals surface area contributed by atoms with Gasteiger partial charge in [0.15, 0.2) is 11.6 Å². The van der Waals surface area contributed by atoms with Crippen LogP contribution in [0.2, 0.25) is 5.02 Å². The summed E-state index contributed by atoms with van der Waals surface area (Å²) in [7, 11) is 0. The van der Waals surface area contributed by atoms with Crippen LogP contribution < -0.4 is 4.74 Å². The lowest BCUT2D eigenvalue weighted by atomic mass is 10.0. The number of hydrogen-bond donors (Lipinski definition) is 0. The third-order valence-corrected chi connectivity index (χ3v) is 4.96. The first kappa shape index (κ1) is 20.2. The standard InChI is InChI=1S/C21H17ClF2N4O2/c22-13-6-7-18(25-9-13)30-15-3-2-8-28(12-15)21(29)16-4-1-5-17(24)19(16)20-26-10-14(23)11-27-20/h1,4-7,9-11,15H,2-3,8,12H2/t15-/m1/s1. The number of carbonyl (C=O) groups excluding carboxylic acids is 1. The van der Waals surface area contributed by atoms with Crippen LogP contribution in [0, 0.1) is 11.6 Å². The maximum Gasteiger partial charge on any atom is 0.254 e. The zero-order valence-corrected chi connectivity index (χ0v) is 16.5. The van der Waals surface area contributed by atoms with Gasteiger partial charge in [0.1, 0.15) is 11.9 Å². The Bertz CT molecular complexity index is 1050. The van der Waals surface area contributed by atoms with E-state index in [1.54, 1.807) is 17.0 Å². The number of halogens is 3. The third kappa shape index (κ3) is 4.38. The Morgan fingerprint density at radius 3 is 2.63 bits per heavy atom. The number of hydrogen-bond acceptors (Lipinski definition) is 5. The van der Waals surface area contributed by atoms with Gasteiger partial charge in [-0.1, -0.05) is 17.7 Å². The summed E-state index contributed by atoms with van der Waals surface area (Å²) in [6.45, 7) is 0.830. The molecule has 154 valence electrons. The molecule has 6 nitrogen and oxygen atoms in total. The first-order valence-corrected chi connectivity index (χ1v) is 9.73. The number of pyridine rings is 1. The fourth-order valence-electron chi connectivity index (χ4n) is 3.36. The fourth-order valence-corrected chi connectivity index (χ4v) is 3.47. The second kappa shape index (κ2) is 8.71. The molecule has 1 fully saturated rings. The Morgan fingerprint density at radius 1 is 1.10 bits per heavy atom. The van der Waals surface area contributed by atoms with E-state index in [1.807, 2.05) is 0 Å². The second-order valence-electron chi connectivity index (χ2n) is 6.84. The number of benzene rings is 1. The first-order valence-electron chi connectivity index (χ1n) is 9.35. The van der Waals surface area contributed by atoms with E-state index >= 15 is 0 Å². The maximum atomic E-state index is 14.6. The molecule has 1 saturated heterocycles. The Balaban J connectivity index is 1.56. The number of rotatable bonds is 4. The zero-order valence-electron chi connectivity index (χ0n) is 15.8. The highest BCUT2D eigenvalue weighted by Gasteiger charge is 2.29. The highest BCUT2D eigenvalue weighted by atomic mass is 35.5. The predicted octanol–water partition coefficient (Wildman–Crippen LogP) is 4.15. The van der Waals surface area contributed by atoms with Gasteiger partial charge < -0.3 is 9.64 Å². The van der Waals surface area contributed by atoms with Gasteiger partial charge in [0.25, 0.3) is 5.91 Å². The van der Waals surface area contributed by atoms with Gasteiger partial charge in [-0.25, -0.2) is 23.7 Å². The average molecular weight is 431 g/mol. The van der Waals surface area contributed by atoms with E-state index in [2.05, 4.69) is 15.0 Å². The molecule has 3 heterocycles. The Morgan fingerprint density at radius 2 is 1.90 bits per heavy atom. The molecule has 1 aliphatic heterocycles. The van der Waals surface area contributed by atoms with Crippen molar-refractivity contribution in [1.82, 2.24) is 19.9 Å². The molecule has 4 rings (SSSR count). The molecule has 1 aromatic carbocycles. The van der Waals surface area contributed by atoms with Crippen LogP contribution in [0.3, 0.4) is 0 Å². The topological polar surface area (TPSA) is 68.2 Å². The number of nitrogens with zero attached hydrogens (tertiary/aromatic N) is 4. The van der Waals surface area contributed by atoms with Crippen LogP contribution in [-0.2, 0) is 0 Å². The summed E-state index contributed by atoms with van der Waals surface area (Å²) in [5, 5.41) is 0.504. The number of piperidine rings is 1. The van der Waals surface area contributed by atoms with Crippen LogP contribution in [0.5, 0.6) is 5.88 Å².